The molecular weight excluding hydrogens is 294 g/mol. The molecule has 1 unspecified atom stereocenters. The van der Waals surface area contributed by atoms with Gasteiger partial charge in [0.15, 0.2) is 0 Å². The minimum atomic E-state index is -0.177. The standard InChI is InChI=1S/C14H16ClN3O3/c1-2-18-5-6-20-12(8-18)13-16-14(21-17-13)9-3-4-11(19)10(15)7-9/h3-4,7,12,19H,2,5-6,8H2,1H3. The minimum Gasteiger partial charge on any atom is -0.506 e. The Hall–Kier alpha value is -1.63. The van der Waals surface area contributed by atoms with Crippen molar-refractivity contribution < 1.29 is 14.4 Å². The molecule has 0 saturated carbocycles. The number of hydrogen-bond acceptors (Lipinski definition) is 6. The highest BCUT2D eigenvalue weighted by Crippen LogP contribution is 2.29. The van der Waals surface area contributed by atoms with E-state index in [9.17, 15) is 5.11 Å². The highest BCUT2D eigenvalue weighted by atomic mass is 35.5. The second-order valence-electron chi connectivity index (χ2n) is 4.88. The van der Waals surface area contributed by atoms with Gasteiger partial charge in [-0.3, -0.25) is 4.90 Å². The number of aromatic hydroxyl groups is 1. The maximum absolute atomic E-state index is 9.43. The van der Waals surface area contributed by atoms with E-state index >= 15 is 0 Å². The van der Waals surface area contributed by atoms with Crippen molar-refractivity contribution in [3.05, 3.63) is 29.0 Å². The quantitative estimate of drug-likeness (QED) is 0.939. The summed E-state index contributed by atoms with van der Waals surface area (Å²) in [5, 5.41) is 13.7. The van der Waals surface area contributed by atoms with Crippen LogP contribution >= 0.6 is 11.6 Å². The predicted octanol–water partition coefficient (Wildman–Crippen LogP) is 2.49. The summed E-state index contributed by atoms with van der Waals surface area (Å²) in [4.78, 5) is 6.65. The Morgan fingerprint density at radius 3 is 3.10 bits per heavy atom. The van der Waals surface area contributed by atoms with E-state index < -0.39 is 0 Å². The zero-order valence-corrected chi connectivity index (χ0v) is 12.4. The van der Waals surface area contributed by atoms with E-state index in [1.54, 1.807) is 12.1 Å². The molecule has 1 aliphatic rings. The molecule has 1 saturated heterocycles. The molecule has 0 radical (unpaired) electrons. The van der Waals surface area contributed by atoms with Gasteiger partial charge in [0.05, 0.1) is 11.6 Å². The second kappa shape index (κ2) is 6.01. The van der Waals surface area contributed by atoms with Crippen LogP contribution < -0.4 is 0 Å². The lowest BCUT2D eigenvalue weighted by Crippen LogP contribution is -2.38. The van der Waals surface area contributed by atoms with E-state index in [1.165, 1.54) is 6.07 Å². The number of nitrogens with zero attached hydrogens (tertiary/aromatic N) is 3. The van der Waals surface area contributed by atoms with Gasteiger partial charge in [-0.1, -0.05) is 23.7 Å². The Balaban J connectivity index is 1.81. The molecule has 0 bridgehead atoms. The van der Waals surface area contributed by atoms with Crippen LogP contribution in [0.15, 0.2) is 22.7 Å². The smallest absolute Gasteiger partial charge is 0.258 e. The lowest BCUT2D eigenvalue weighted by Gasteiger charge is -2.30. The third-order valence-corrected chi connectivity index (χ3v) is 3.82. The van der Waals surface area contributed by atoms with Crippen LogP contribution in [0.4, 0.5) is 0 Å². The summed E-state index contributed by atoms with van der Waals surface area (Å²) >= 11 is 5.89. The van der Waals surface area contributed by atoms with Crippen LogP contribution in [0, 0.1) is 0 Å². The molecule has 1 N–H and O–H groups in total. The van der Waals surface area contributed by atoms with E-state index in [0.29, 0.717) is 23.9 Å². The summed E-state index contributed by atoms with van der Waals surface area (Å²) < 4.78 is 11.0. The van der Waals surface area contributed by atoms with Crippen molar-refractivity contribution in [1.82, 2.24) is 15.0 Å². The van der Waals surface area contributed by atoms with Crippen LogP contribution in [-0.4, -0.2) is 46.4 Å². The van der Waals surface area contributed by atoms with Crippen LogP contribution in [0.5, 0.6) is 5.75 Å². The number of phenols is 1. The average molecular weight is 310 g/mol. The molecule has 0 amide bonds. The number of ether oxygens (including phenoxy) is 1. The van der Waals surface area contributed by atoms with Crippen molar-refractivity contribution in [2.45, 2.75) is 13.0 Å². The number of morpholine rings is 1. The molecule has 2 aromatic rings. The van der Waals surface area contributed by atoms with Crippen molar-refractivity contribution in [2.75, 3.05) is 26.2 Å². The summed E-state index contributed by atoms with van der Waals surface area (Å²) in [6, 6.07) is 4.77. The fourth-order valence-corrected chi connectivity index (χ4v) is 2.45. The fourth-order valence-electron chi connectivity index (χ4n) is 2.27. The van der Waals surface area contributed by atoms with Crippen molar-refractivity contribution in [2.24, 2.45) is 0 Å². The lowest BCUT2D eigenvalue weighted by atomic mass is 10.2. The largest absolute Gasteiger partial charge is 0.506 e. The van der Waals surface area contributed by atoms with Gasteiger partial charge in [0.1, 0.15) is 11.9 Å². The Morgan fingerprint density at radius 2 is 2.33 bits per heavy atom. The molecule has 1 aromatic heterocycles. The third kappa shape index (κ3) is 3.02. The minimum absolute atomic E-state index is 0.0226. The molecule has 0 aliphatic carbocycles. The highest BCUT2D eigenvalue weighted by molar-refractivity contribution is 6.32. The molecule has 1 aliphatic heterocycles. The Kier molecular flexibility index (Phi) is 4.10. The molecule has 7 heteroatoms. The fraction of sp³-hybridized carbons (Fsp3) is 0.429. The van der Waals surface area contributed by atoms with Crippen molar-refractivity contribution in [3.63, 3.8) is 0 Å². The molecule has 6 nitrogen and oxygen atoms in total. The third-order valence-electron chi connectivity index (χ3n) is 3.52. The summed E-state index contributed by atoms with van der Waals surface area (Å²) in [6.07, 6.45) is -0.177. The number of aromatic nitrogens is 2. The first-order valence-electron chi connectivity index (χ1n) is 6.84. The Morgan fingerprint density at radius 1 is 1.48 bits per heavy atom. The SMILES string of the molecule is CCN1CCOC(c2noc(-c3ccc(O)c(Cl)c3)n2)C1. The zero-order valence-electron chi connectivity index (χ0n) is 11.6. The Labute approximate surface area is 127 Å². The van der Waals surface area contributed by atoms with Gasteiger partial charge >= 0.3 is 0 Å². The molecule has 0 spiro atoms. The predicted molar refractivity (Wildman–Crippen MR) is 77.2 cm³/mol. The first kappa shape index (κ1) is 14.3. The monoisotopic (exact) mass is 309 g/mol. The van der Waals surface area contributed by atoms with Gasteiger partial charge in [0, 0.05) is 18.7 Å². The summed E-state index contributed by atoms with van der Waals surface area (Å²) in [5.74, 6) is 0.922. The van der Waals surface area contributed by atoms with Gasteiger partial charge in [0.2, 0.25) is 5.82 Å². The molecule has 21 heavy (non-hydrogen) atoms. The van der Waals surface area contributed by atoms with Crippen LogP contribution in [0.25, 0.3) is 11.5 Å². The number of phenolic OH excluding ortho intramolecular Hbond substituents is 1. The molecule has 1 atom stereocenters. The lowest BCUT2D eigenvalue weighted by molar-refractivity contribution is -0.0334. The molecule has 2 heterocycles. The van der Waals surface area contributed by atoms with E-state index in [1.807, 2.05) is 0 Å². The summed E-state index contributed by atoms with van der Waals surface area (Å²) in [7, 11) is 0. The maximum atomic E-state index is 9.43. The zero-order chi connectivity index (χ0) is 14.8. The molecule has 112 valence electrons. The van der Waals surface area contributed by atoms with Crippen LogP contribution in [0.3, 0.4) is 0 Å². The Bertz CT molecular complexity index is 632. The van der Waals surface area contributed by atoms with Gasteiger partial charge in [-0.15, -0.1) is 0 Å². The van der Waals surface area contributed by atoms with E-state index in [2.05, 4.69) is 22.0 Å². The number of hydrogen-bond donors (Lipinski definition) is 1. The maximum Gasteiger partial charge on any atom is 0.258 e. The molecule has 1 aromatic carbocycles. The second-order valence-corrected chi connectivity index (χ2v) is 5.28. The highest BCUT2D eigenvalue weighted by Gasteiger charge is 2.25. The molecule has 3 rings (SSSR count). The van der Waals surface area contributed by atoms with Crippen molar-refractivity contribution in [3.8, 4) is 17.2 Å². The van der Waals surface area contributed by atoms with E-state index in [-0.39, 0.29) is 16.9 Å². The summed E-state index contributed by atoms with van der Waals surface area (Å²) in [5.41, 5.74) is 0.666. The van der Waals surface area contributed by atoms with Crippen molar-refractivity contribution in [1.29, 1.82) is 0 Å². The average Bonchev–Trinajstić information content (AvgIpc) is 3.00. The molecular formula is C14H16ClN3O3. The topological polar surface area (TPSA) is 71.6 Å². The number of benzene rings is 1. The van der Waals surface area contributed by atoms with Gasteiger partial charge in [-0.05, 0) is 24.7 Å². The summed E-state index contributed by atoms with van der Waals surface area (Å²) in [6.45, 7) is 5.42. The first-order chi connectivity index (χ1) is 10.2. The normalized spacial score (nSPS) is 19.8. The van der Waals surface area contributed by atoms with E-state index in [4.69, 9.17) is 20.9 Å². The first-order valence-corrected chi connectivity index (χ1v) is 7.21. The van der Waals surface area contributed by atoms with Crippen LogP contribution in [0.1, 0.15) is 18.9 Å². The number of likely N-dealkylation sites (N-methyl/N-ethyl adjacent to an activating group) is 1. The number of rotatable bonds is 3. The van der Waals surface area contributed by atoms with Gasteiger partial charge < -0.3 is 14.4 Å². The van der Waals surface area contributed by atoms with E-state index in [0.717, 1.165) is 19.6 Å². The molecule has 1 fully saturated rings. The van der Waals surface area contributed by atoms with Gasteiger partial charge in [-0.25, -0.2) is 0 Å². The van der Waals surface area contributed by atoms with Crippen LogP contribution in [0.2, 0.25) is 5.02 Å². The van der Waals surface area contributed by atoms with Crippen LogP contribution in [-0.2, 0) is 4.74 Å². The van der Waals surface area contributed by atoms with Gasteiger partial charge in [-0.2, -0.15) is 4.98 Å². The number of halogens is 1. The van der Waals surface area contributed by atoms with Gasteiger partial charge in [0.25, 0.3) is 5.89 Å². The van der Waals surface area contributed by atoms with Crippen molar-refractivity contribution >= 4 is 11.6 Å².